The second kappa shape index (κ2) is 3.89. The van der Waals surface area contributed by atoms with Crippen LogP contribution in [0, 0.1) is 13.8 Å². The maximum atomic E-state index is 5.43. The Morgan fingerprint density at radius 1 is 1.33 bits per heavy atom. The van der Waals surface area contributed by atoms with Crippen LogP contribution in [0.5, 0.6) is 0 Å². The molecule has 0 N–H and O–H groups in total. The van der Waals surface area contributed by atoms with Crippen LogP contribution in [0.4, 0.5) is 0 Å². The summed E-state index contributed by atoms with van der Waals surface area (Å²) < 4.78 is 5.43. The van der Waals surface area contributed by atoms with E-state index in [0.717, 1.165) is 29.1 Å². The van der Waals surface area contributed by atoms with E-state index in [4.69, 9.17) is 4.42 Å². The summed E-state index contributed by atoms with van der Waals surface area (Å²) in [5, 5.41) is 0. The van der Waals surface area contributed by atoms with Crippen molar-refractivity contribution in [3.05, 3.63) is 41.4 Å². The highest BCUT2D eigenvalue weighted by molar-refractivity contribution is 5.63. The van der Waals surface area contributed by atoms with Crippen LogP contribution in [0.2, 0.25) is 0 Å². The van der Waals surface area contributed by atoms with E-state index in [1.165, 1.54) is 5.56 Å². The third-order valence-corrected chi connectivity index (χ3v) is 2.72. The van der Waals surface area contributed by atoms with Crippen LogP contribution in [-0.4, -0.2) is 4.98 Å². The molecule has 2 nitrogen and oxygen atoms in total. The fraction of sp³-hybridized carbons (Fsp3) is 0.308. The Bertz CT molecular complexity index is 458. The first kappa shape index (κ1) is 9.97. The van der Waals surface area contributed by atoms with Crippen LogP contribution in [-0.2, 0) is 6.42 Å². The van der Waals surface area contributed by atoms with E-state index in [-0.39, 0.29) is 0 Å². The first-order chi connectivity index (χ1) is 7.22. The average molecular weight is 201 g/mol. The summed E-state index contributed by atoms with van der Waals surface area (Å²) in [4.78, 5) is 4.52. The highest BCUT2D eigenvalue weighted by atomic mass is 16.3. The predicted octanol–water partition coefficient (Wildman–Crippen LogP) is 3.52. The number of pyridine rings is 1. The number of aromatic nitrogens is 1. The van der Waals surface area contributed by atoms with E-state index in [1.54, 1.807) is 6.26 Å². The molecule has 0 aliphatic rings. The van der Waals surface area contributed by atoms with Gasteiger partial charge in [0, 0.05) is 17.0 Å². The van der Waals surface area contributed by atoms with Gasteiger partial charge in [-0.05, 0) is 44.0 Å². The molecular formula is C13H15NO. The molecule has 0 saturated heterocycles. The van der Waals surface area contributed by atoms with Crippen molar-refractivity contribution in [2.75, 3.05) is 0 Å². The van der Waals surface area contributed by atoms with Gasteiger partial charge in [0.1, 0.15) is 5.76 Å². The standard InChI is InChI=1S/C13H15NO/c1-4-11-8-12(9(2)10(3)14-11)13-6-5-7-15-13/h5-8H,4H2,1-3H3. The van der Waals surface area contributed by atoms with E-state index in [9.17, 15) is 0 Å². The molecule has 2 heteroatoms. The van der Waals surface area contributed by atoms with Gasteiger partial charge in [-0.2, -0.15) is 0 Å². The van der Waals surface area contributed by atoms with Crippen molar-refractivity contribution >= 4 is 0 Å². The topological polar surface area (TPSA) is 26.0 Å². The van der Waals surface area contributed by atoms with Crippen LogP contribution in [0.3, 0.4) is 0 Å². The molecule has 78 valence electrons. The lowest BCUT2D eigenvalue weighted by atomic mass is 10.0. The van der Waals surface area contributed by atoms with E-state index in [0.29, 0.717) is 0 Å². The van der Waals surface area contributed by atoms with Gasteiger partial charge in [0.15, 0.2) is 0 Å². The van der Waals surface area contributed by atoms with Crippen molar-refractivity contribution in [1.82, 2.24) is 4.98 Å². The summed E-state index contributed by atoms with van der Waals surface area (Å²) in [6.07, 6.45) is 2.66. The van der Waals surface area contributed by atoms with E-state index in [2.05, 4.69) is 24.9 Å². The summed E-state index contributed by atoms with van der Waals surface area (Å²) in [6, 6.07) is 6.01. The zero-order valence-corrected chi connectivity index (χ0v) is 9.37. The Labute approximate surface area is 90.0 Å². The smallest absolute Gasteiger partial charge is 0.134 e. The molecule has 0 fully saturated rings. The minimum atomic E-state index is 0.924. The number of aryl methyl sites for hydroxylation is 2. The molecule has 2 heterocycles. The van der Waals surface area contributed by atoms with Crippen molar-refractivity contribution in [2.24, 2.45) is 0 Å². The zero-order chi connectivity index (χ0) is 10.8. The monoisotopic (exact) mass is 201 g/mol. The highest BCUT2D eigenvalue weighted by Gasteiger charge is 2.09. The number of hydrogen-bond acceptors (Lipinski definition) is 2. The molecule has 0 aromatic carbocycles. The van der Waals surface area contributed by atoms with Crippen molar-refractivity contribution < 1.29 is 4.42 Å². The van der Waals surface area contributed by atoms with E-state index in [1.807, 2.05) is 19.1 Å². The summed E-state index contributed by atoms with van der Waals surface area (Å²) >= 11 is 0. The fourth-order valence-electron chi connectivity index (χ4n) is 1.67. The van der Waals surface area contributed by atoms with Crippen molar-refractivity contribution in [2.45, 2.75) is 27.2 Å². The molecule has 15 heavy (non-hydrogen) atoms. The molecule has 2 aromatic heterocycles. The minimum Gasteiger partial charge on any atom is -0.464 e. The lowest BCUT2D eigenvalue weighted by Gasteiger charge is -2.08. The molecule has 0 radical (unpaired) electrons. The van der Waals surface area contributed by atoms with Crippen LogP contribution >= 0.6 is 0 Å². The zero-order valence-electron chi connectivity index (χ0n) is 9.37. The molecule has 0 aliphatic carbocycles. The van der Waals surface area contributed by atoms with Crippen LogP contribution < -0.4 is 0 Å². The molecule has 0 atom stereocenters. The first-order valence-corrected chi connectivity index (χ1v) is 5.23. The summed E-state index contributed by atoms with van der Waals surface area (Å²) in [5.74, 6) is 0.924. The lowest BCUT2D eigenvalue weighted by molar-refractivity contribution is 0.581. The summed E-state index contributed by atoms with van der Waals surface area (Å²) in [5.41, 5.74) is 4.55. The molecule has 2 aromatic rings. The van der Waals surface area contributed by atoms with Crippen LogP contribution in [0.25, 0.3) is 11.3 Å². The quantitative estimate of drug-likeness (QED) is 0.743. The van der Waals surface area contributed by atoms with Gasteiger partial charge >= 0.3 is 0 Å². The Kier molecular flexibility index (Phi) is 2.58. The number of furan rings is 1. The molecule has 2 rings (SSSR count). The molecule has 0 amide bonds. The Morgan fingerprint density at radius 2 is 2.13 bits per heavy atom. The van der Waals surface area contributed by atoms with Gasteiger partial charge in [-0.1, -0.05) is 6.92 Å². The Morgan fingerprint density at radius 3 is 2.73 bits per heavy atom. The number of rotatable bonds is 2. The molecule has 0 spiro atoms. The van der Waals surface area contributed by atoms with Gasteiger partial charge in [-0.3, -0.25) is 4.98 Å². The Balaban J connectivity index is 2.60. The van der Waals surface area contributed by atoms with E-state index < -0.39 is 0 Å². The van der Waals surface area contributed by atoms with E-state index >= 15 is 0 Å². The van der Waals surface area contributed by atoms with Gasteiger partial charge in [-0.25, -0.2) is 0 Å². The maximum Gasteiger partial charge on any atom is 0.134 e. The maximum absolute atomic E-state index is 5.43. The average Bonchev–Trinajstić information content (AvgIpc) is 2.75. The molecule has 0 unspecified atom stereocenters. The highest BCUT2D eigenvalue weighted by Crippen LogP contribution is 2.26. The molecule has 0 aliphatic heterocycles. The van der Waals surface area contributed by atoms with Crippen molar-refractivity contribution in [3.8, 4) is 11.3 Å². The van der Waals surface area contributed by atoms with Gasteiger partial charge < -0.3 is 4.42 Å². The molecule has 0 bridgehead atoms. The number of hydrogen-bond donors (Lipinski definition) is 0. The second-order valence-corrected chi connectivity index (χ2v) is 3.70. The van der Waals surface area contributed by atoms with Gasteiger partial charge in [0.2, 0.25) is 0 Å². The van der Waals surface area contributed by atoms with Gasteiger partial charge in [0.05, 0.1) is 6.26 Å². The van der Waals surface area contributed by atoms with Gasteiger partial charge in [0.25, 0.3) is 0 Å². The minimum absolute atomic E-state index is 0.924. The van der Waals surface area contributed by atoms with Crippen LogP contribution in [0.1, 0.15) is 23.9 Å². The summed E-state index contributed by atoms with van der Waals surface area (Å²) in [6.45, 7) is 6.24. The lowest BCUT2D eigenvalue weighted by Crippen LogP contribution is -1.96. The van der Waals surface area contributed by atoms with Crippen molar-refractivity contribution in [1.29, 1.82) is 0 Å². The van der Waals surface area contributed by atoms with Crippen LogP contribution in [0.15, 0.2) is 28.9 Å². The summed E-state index contributed by atoms with van der Waals surface area (Å²) in [7, 11) is 0. The predicted molar refractivity (Wildman–Crippen MR) is 60.8 cm³/mol. The normalized spacial score (nSPS) is 10.6. The first-order valence-electron chi connectivity index (χ1n) is 5.23. The fourth-order valence-corrected chi connectivity index (χ4v) is 1.67. The second-order valence-electron chi connectivity index (χ2n) is 3.70. The Hall–Kier alpha value is -1.57. The SMILES string of the molecule is CCc1cc(-c2ccco2)c(C)c(C)n1. The molecular weight excluding hydrogens is 186 g/mol. The largest absolute Gasteiger partial charge is 0.464 e. The third kappa shape index (κ3) is 1.80. The third-order valence-electron chi connectivity index (χ3n) is 2.72. The van der Waals surface area contributed by atoms with Crippen molar-refractivity contribution in [3.63, 3.8) is 0 Å². The van der Waals surface area contributed by atoms with Gasteiger partial charge in [-0.15, -0.1) is 0 Å². The number of nitrogens with zero attached hydrogens (tertiary/aromatic N) is 1. The molecule has 0 saturated carbocycles.